The van der Waals surface area contributed by atoms with Crippen LogP contribution in [0.3, 0.4) is 0 Å². The lowest BCUT2D eigenvalue weighted by Crippen LogP contribution is -2.21. The van der Waals surface area contributed by atoms with Crippen LogP contribution in [0.15, 0.2) is 0 Å². The first-order valence-electron chi connectivity index (χ1n) is 5.92. The van der Waals surface area contributed by atoms with Gasteiger partial charge < -0.3 is 5.73 Å². The monoisotopic (exact) mass is 205 g/mol. The number of hydrogen-bond donors (Lipinski definition) is 1. The molecule has 2 aliphatic rings. The lowest BCUT2D eigenvalue weighted by Gasteiger charge is -2.25. The highest BCUT2D eigenvalue weighted by Crippen LogP contribution is 2.55. The Labute approximate surface area is 90.7 Å². The Morgan fingerprint density at radius 1 is 1.40 bits per heavy atom. The smallest absolute Gasteiger partial charge is 0.124 e. The molecule has 2 N–H and O–H groups in total. The molecule has 3 rings (SSSR count). The first-order chi connectivity index (χ1) is 7.12. The maximum atomic E-state index is 6.00. The average molecular weight is 205 g/mol. The maximum Gasteiger partial charge on any atom is 0.124 e. The van der Waals surface area contributed by atoms with Crippen molar-refractivity contribution in [3.05, 3.63) is 11.3 Å². The van der Waals surface area contributed by atoms with Gasteiger partial charge in [0.1, 0.15) is 5.82 Å². The number of nitrogen functional groups attached to an aromatic ring is 1. The quantitative estimate of drug-likeness (QED) is 0.763. The highest BCUT2D eigenvalue weighted by atomic mass is 15.3. The van der Waals surface area contributed by atoms with Gasteiger partial charge in [0, 0.05) is 18.0 Å². The lowest BCUT2D eigenvalue weighted by molar-refractivity contribution is 0.404. The van der Waals surface area contributed by atoms with Crippen LogP contribution in [0.5, 0.6) is 0 Å². The van der Waals surface area contributed by atoms with Crippen molar-refractivity contribution in [2.24, 2.45) is 13.0 Å². The highest BCUT2D eigenvalue weighted by Gasteiger charge is 2.48. The maximum absolute atomic E-state index is 6.00. The molecule has 2 fully saturated rings. The minimum Gasteiger partial charge on any atom is -0.384 e. The first-order valence-corrected chi connectivity index (χ1v) is 5.92. The van der Waals surface area contributed by atoms with Gasteiger partial charge in [-0.1, -0.05) is 0 Å². The highest BCUT2D eigenvalue weighted by molar-refractivity contribution is 5.46. The van der Waals surface area contributed by atoms with Gasteiger partial charge in [-0.3, -0.25) is 4.68 Å². The van der Waals surface area contributed by atoms with Crippen LogP contribution in [0, 0.1) is 12.8 Å². The zero-order valence-corrected chi connectivity index (χ0v) is 9.58. The molecule has 0 unspecified atom stereocenters. The number of aromatic nitrogens is 2. The second-order valence-electron chi connectivity index (χ2n) is 5.41. The summed E-state index contributed by atoms with van der Waals surface area (Å²) in [6, 6.07) is 0. The van der Waals surface area contributed by atoms with Crippen molar-refractivity contribution in [1.29, 1.82) is 0 Å². The molecule has 1 heterocycles. The van der Waals surface area contributed by atoms with E-state index in [4.69, 9.17) is 5.73 Å². The van der Waals surface area contributed by atoms with Gasteiger partial charge >= 0.3 is 0 Å². The van der Waals surface area contributed by atoms with E-state index in [1.807, 2.05) is 11.7 Å². The van der Waals surface area contributed by atoms with E-state index in [2.05, 4.69) is 12.0 Å². The predicted molar refractivity (Wildman–Crippen MR) is 60.6 cm³/mol. The van der Waals surface area contributed by atoms with E-state index in [1.165, 1.54) is 43.4 Å². The molecule has 1 aromatic heterocycles. The van der Waals surface area contributed by atoms with Crippen LogP contribution < -0.4 is 5.73 Å². The summed E-state index contributed by atoms with van der Waals surface area (Å²) in [5.74, 6) is 1.81. The fourth-order valence-corrected chi connectivity index (χ4v) is 3.67. The largest absolute Gasteiger partial charge is 0.384 e. The van der Waals surface area contributed by atoms with Crippen molar-refractivity contribution < 1.29 is 0 Å². The number of nitrogens with two attached hydrogens (primary N) is 1. The molecule has 0 saturated heterocycles. The van der Waals surface area contributed by atoms with E-state index >= 15 is 0 Å². The number of nitrogens with zero attached hydrogens (tertiary/aromatic N) is 2. The number of aryl methyl sites for hydroxylation is 1. The van der Waals surface area contributed by atoms with Gasteiger partial charge in [0.25, 0.3) is 0 Å². The van der Waals surface area contributed by atoms with Crippen molar-refractivity contribution in [3.63, 3.8) is 0 Å². The Bertz CT molecular complexity index is 397. The van der Waals surface area contributed by atoms with Gasteiger partial charge in [-0.15, -0.1) is 0 Å². The second kappa shape index (κ2) is 2.77. The molecule has 15 heavy (non-hydrogen) atoms. The summed E-state index contributed by atoms with van der Waals surface area (Å²) in [6.07, 6.45) is 6.81. The van der Waals surface area contributed by atoms with E-state index in [0.29, 0.717) is 5.41 Å². The zero-order valence-electron chi connectivity index (χ0n) is 9.58. The fraction of sp³-hybridized carbons (Fsp3) is 0.750. The molecule has 2 saturated carbocycles. The summed E-state index contributed by atoms with van der Waals surface area (Å²) in [6.45, 7) is 2.12. The summed E-state index contributed by atoms with van der Waals surface area (Å²) in [5.41, 5.74) is 8.91. The molecule has 0 aliphatic heterocycles. The van der Waals surface area contributed by atoms with Crippen LogP contribution in [0.2, 0.25) is 0 Å². The number of rotatable bonds is 1. The summed E-state index contributed by atoms with van der Waals surface area (Å²) in [5, 5.41) is 4.65. The Morgan fingerprint density at radius 2 is 2.07 bits per heavy atom. The Hall–Kier alpha value is -0.990. The van der Waals surface area contributed by atoms with Crippen molar-refractivity contribution in [3.8, 4) is 0 Å². The molecule has 3 nitrogen and oxygen atoms in total. The van der Waals surface area contributed by atoms with E-state index in [-0.39, 0.29) is 0 Å². The van der Waals surface area contributed by atoms with Gasteiger partial charge in [0.05, 0.1) is 5.69 Å². The lowest BCUT2D eigenvalue weighted by atomic mass is 9.80. The van der Waals surface area contributed by atoms with Crippen molar-refractivity contribution >= 4 is 5.82 Å². The van der Waals surface area contributed by atoms with E-state index in [1.54, 1.807) is 0 Å². The number of hydrogen-bond acceptors (Lipinski definition) is 2. The van der Waals surface area contributed by atoms with Crippen molar-refractivity contribution in [1.82, 2.24) is 9.78 Å². The summed E-state index contributed by atoms with van der Waals surface area (Å²) >= 11 is 0. The molecule has 2 aliphatic carbocycles. The van der Waals surface area contributed by atoms with Crippen LogP contribution >= 0.6 is 0 Å². The third kappa shape index (κ3) is 1.09. The summed E-state index contributed by atoms with van der Waals surface area (Å²) in [4.78, 5) is 0. The van der Waals surface area contributed by atoms with E-state index in [0.717, 1.165) is 11.7 Å². The molecule has 1 aromatic rings. The van der Waals surface area contributed by atoms with E-state index in [9.17, 15) is 0 Å². The number of fused-ring (bicyclic) bond motifs is 2. The topological polar surface area (TPSA) is 43.8 Å². The predicted octanol–water partition coefficient (Wildman–Crippen LogP) is 2.14. The Morgan fingerprint density at radius 3 is 2.47 bits per heavy atom. The van der Waals surface area contributed by atoms with Crippen LogP contribution in [0.4, 0.5) is 5.82 Å². The fourth-order valence-electron chi connectivity index (χ4n) is 3.67. The van der Waals surface area contributed by atoms with Crippen LogP contribution in [0.25, 0.3) is 0 Å². The number of anilines is 1. The van der Waals surface area contributed by atoms with Gasteiger partial charge in [-0.2, -0.15) is 5.10 Å². The first kappa shape index (κ1) is 9.25. The molecule has 82 valence electrons. The van der Waals surface area contributed by atoms with E-state index < -0.39 is 0 Å². The molecular formula is C12H19N3. The molecule has 0 spiro atoms. The normalized spacial score (nSPS) is 33.9. The standard InChI is InChI=1S/C12H19N3/c1-8-10(14-15(2)11(8)13)12-5-3-9(7-12)4-6-12/h9H,3-7,13H2,1-2H3. The Balaban J connectivity index is 2.09. The van der Waals surface area contributed by atoms with Gasteiger partial charge in [0.15, 0.2) is 0 Å². The van der Waals surface area contributed by atoms with Crippen LogP contribution in [-0.4, -0.2) is 9.78 Å². The molecule has 0 radical (unpaired) electrons. The van der Waals surface area contributed by atoms with Gasteiger partial charge in [-0.25, -0.2) is 0 Å². The van der Waals surface area contributed by atoms with Crippen molar-refractivity contribution in [2.45, 2.75) is 44.4 Å². The zero-order chi connectivity index (χ0) is 10.6. The molecule has 0 amide bonds. The second-order valence-corrected chi connectivity index (χ2v) is 5.41. The molecule has 3 heteroatoms. The molecular weight excluding hydrogens is 186 g/mol. The van der Waals surface area contributed by atoms with Crippen LogP contribution in [0.1, 0.15) is 43.4 Å². The third-order valence-corrected chi connectivity index (χ3v) is 4.58. The third-order valence-electron chi connectivity index (χ3n) is 4.58. The van der Waals surface area contributed by atoms with Gasteiger partial charge in [-0.05, 0) is 44.9 Å². The van der Waals surface area contributed by atoms with Gasteiger partial charge in [0.2, 0.25) is 0 Å². The summed E-state index contributed by atoms with van der Waals surface area (Å²) < 4.78 is 1.84. The Kier molecular flexibility index (Phi) is 1.71. The molecule has 0 aromatic carbocycles. The van der Waals surface area contributed by atoms with Crippen molar-refractivity contribution in [2.75, 3.05) is 5.73 Å². The molecule has 0 atom stereocenters. The minimum absolute atomic E-state index is 0.393. The molecule has 2 bridgehead atoms. The minimum atomic E-state index is 0.393. The van der Waals surface area contributed by atoms with Crippen LogP contribution in [-0.2, 0) is 12.5 Å². The SMILES string of the molecule is Cc1c(C23CCC(CC2)C3)nn(C)c1N. The summed E-state index contributed by atoms with van der Waals surface area (Å²) in [7, 11) is 1.95. The average Bonchev–Trinajstić information content (AvgIpc) is 2.89.